The number of hydrogen-bond donors (Lipinski definition) is 0. The molecule has 0 aliphatic heterocycles. The zero-order chi connectivity index (χ0) is 8.97. The molecule has 0 N–H and O–H groups in total. The summed E-state index contributed by atoms with van der Waals surface area (Å²) < 4.78 is 0. The third-order valence-electron chi connectivity index (χ3n) is 2.21. The van der Waals surface area contributed by atoms with E-state index >= 15 is 0 Å². The van der Waals surface area contributed by atoms with Crippen LogP contribution in [0.25, 0.3) is 0 Å². The molecule has 1 nitrogen and oxygen atoms in total. The minimum absolute atomic E-state index is 1.06. The average Bonchev–Trinajstić information content (AvgIpc) is 2.09. The molecule has 1 heteroatoms. The van der Waals surface area contributed by atoms with E-state index in [0.717, 1.165) is 19.3 Å². The van der Waals surface area contributed by atoms with Crippen molar-refractivity contribution in [2.45, 2.75) is 40.0 Å². The lowest BCUT2D eigenvalue weighted by molar-refractivity contribution is 0.918. The van der Waals surface area contributed by atoms with Crippen molar-refractivity contribution in [1.82, 2.24) is 0 Å². The van der Waals surface area contributed by atoms with Crippen LogP contribution in [0.2, 0.25) is 0 Å². The molecule has 0 bridgehead atoms. The molecule has 0 aromatic carbocycles. The molecule has 0 aromatic rings. The summed E-state index contributed by atoms with van der Waals surface area (Å²) in [7, 11) is 0. The van der Waals surface area contributed by atoms with Crippen molar-refractivity contribution in [3.05, 3.63) is 23.4 Å². The first-order valence-corrected chi connectivity index (χ1v) is 4.64. The van der Waals surface area contributed by atoms with E-state index in [2.05, 4.69) is 37.9 Å². The molecule has 0 unspecified atom stereocenters. The Kier molecular flexibility index (Phi) is 3.27. The standard InChI is InChI=1S/C11H17N/c1-4-10(3)12-11-8-6-5-7-9(11)2/h5,7H,4,6,8H2,1-3H3/b12-10+. The Balaban J connectivity index is 2.80. The van der Waals surface area contributed by atoms with Gasteiger partial charge in [-0.25, -0.2) is 0 Å². The maximum atomic E-state index is 4.58. The van der Waals surface area contributed by atoms with Gasteiger partial charge in [-0.15, -0.1) is 0 Å². The number of allylic oxidation sites excluding steroid dienone is 4. The van der Waals surface area contributed by atoms with E-state index in [1.807, 2.05) is 0 Å². The molecule has 0 aromatic heterocycles. The average molecular weight is 163 g/mol. The number of hydrogen-bond acceptors (Lipinski definition) is 1. The van der Waals surface area contributed by atoms with Gasteiger partial charge >= 0.3 is 0 Å². The largest absolute Gasteiger partial charge is 0.262 e. The van der Waals surface area contributed by atoms with E-state index in [9.17, 15) is 0 Å². The summed E-state index contributed by atoms with van der Waals surface area (Å²) in [5.41, 5.74) is 3.84. The Morgan fingerprint density at radius 1 is 1.58 bits per heavy atom. The molecule has 12 heavy (non-hydrogen) atoms. The summed E-state index contributed by atoms with van der Waals surface area (Å²) in [6.07, 6.45) is 7.70. The van der Waals surface area contributed by atoms with Gasteiger partial charge in [0.05, 0.1) is 0 Å². The minimum atomic E-state index is 1.06. The Bertz CT molecular complexity index is 244. The van der Waals surface area contributed by atoms with Gasteiger partial charge in [0.15, 0.2) is 0 Å². The molecule has 0 fully saturated rings. The molecular formula is C11H17N. The van der Waals surface area contributed by atoms with Crippen LogP contribution in [0.4, 0.5) is 0 Å². The summed E-state index contributed by atoms with van der Waals surface area (Å²) in [6.45, 7) is 6.38. The fourth-order valence-electron chi connectivity index (χ4n) is 1.23. The van der Waals surface area contributed by atoms with Gasteiger partial charge in [0.25, 0.3) is 0 Å². The van der Waals surface area contributed by atoms with Crippen LogP contribution in [-0.4, -0.2) is 5.71 Å². The minimum Gasteiger partial charge on any atom is -0.262 e. The van der Waals surface area contributed by atoms with Gasteiger partial charge in [0.2, 0.25) is 0 Å². The highest BCUT2D eigenvalue weighted by Crippen LogP contribution is 2.19. The second kappa shape index (κ2) is 4.24. The molecule has 0 heterocycles. The van der Waals surface area contributed by atoms with Crippen LogP contribution in [0.1, 0.15) is 40.0 Å². The van der Waals surface area contributed by atoms with Crippen LogP contribution in [0.5, 0.6) is 0 Å². The van der Waals surface area contributed by atoms with E-state index in [0.29, 0.717) is 0 Å². The zero-order valence-electron chi connectivity index (χ0n) is 8.22. The van der Waals surface area contributed by atoms with E-state index < -0.39 is 0 Å². The molecule has 0 saturated heterocycles. The lowest BCUT2D eigenvalue weighted by Gasteiger charge is -2.09. The first-order valence-electron chi connectivity index (χ1n) is 4.64. The highest BCUT2D eigenvalue weighted by Gasteiger charge is 2.02. The fraction of sp³-hybridized carbons (Fsp3) is 0.545. The Morgan fingerprint density at radius 3 is 2.92 bits per heavy atom. The summed E-state index contributed by atoms with van der Waals surface area (Å²) in [4.78, 5) is 4.58. The van der Waals surface area contributed by atoms with Crippen LogP contribution in [0.15, 0.2) is 28.4 Å². The molecule has 0 spiro atoms. The molecular weight excluding hydrogens is 146 g/mol. The van der Waals surface area contributed by atoms with Crippen LogP contribution in [0.3, 0.4) is 0 Å². The quantitative estimate of drug-likeness (QED) is 0.553. The van der Waals surface area contributed by atoms with Crippen molar-refractivity contribution in [3.63, 3.8) is 0 Å². The zero-order valence-corrected chi connectivity index (χ0v) is 8.22. The van der Waals surface area contributed by atoms with Crippen molar-refractivity contribution in [1.29, 1.82) is 0 Å². The van der Waals surface area contributed by atoms with Gasteiger partial charge in [0.1, 0.15) is 0 Å². The van der Waals surface area contributed by atoms with Gasteiger partial charge in [-0.3, -0.25) is 4.99 Å². The predicted octanol–water partition coefficient (Wildman–Crippen LogP) is 3.48. The lowest BCUT2D eigenvalue weighted by atomic mass is 10.1. The third-order valence-corrected chi connectivity index (χ3v) is 2.21. The summed E-state index contributed by atoms with van der Waals surface area (Å²) in [5, 5.41) is 0. The van der Waals surface area contributed by atoms with Gasteiger partial charge in [-0.05, 0) is 38.7 Å². The van der Waals surface area contributed by atoms with Crippen molar-refractivity contribution >= 4 is 5.71 Å². The van der Waals surface area contributed by atoms with Crippen LogP contribution in [-0.2, 0) is 0 Å². The van der Waals surface area contributed by atoms with Gasteiger partial charge in [0, 0.05) is 11.4 Å². The van der Waals surface area contributed by atoms with Crippen molar-refractivity contribution in [3.8, 4) is 0 Å². The topological polar surface area (TPSA) is 12.4 Å². The number of nitrogens with zero attached hydrogens (tertiary/aromatic N) is 1. The summed E-state index contributed by atoms with van der Waals surface area (Å²) >= 11 is 0. The molecule has 0 amide bonds. The Labute approximate surface area is 74.9 Å². The Morgan fingerprint density at radius 2 is 2.33 bits per heavy atom. The molecule has 0 atom stereocenters. The van der Waals surface area contributed by atoms with Crippen LogP contribution in [0, 0.1) is 0 Å². The van der Waals surface area contributed by atoms with E-state index in [-0.39, 0.29) is 0 Å². The molecule has 0 radical (unpaired) electrons. The van der Waals surface area contributed by atoms with Gasteiger partial charge < -0.3 is 0 Å². The second-order valence-electron chi connectivity index (χ2n) is 3.27. The lowest BCUT2D eigenvalue weighted by Crippen LogP contribution is -1.94. The fourth-order valence-corrected chi connectivity index (χ4v) is 1.23. The Hall–Kier alpha value is -0.850. The van der Waals surface area contributed by atoms with Crippen LogP contribution < -0.4 is 0 Å². The third kappa shape index (κ3) is 2.33. The van der Waals surface area contributed by atoms with Crippen molar-refractivity contribution < 1.29 is 0 Å². The summed E-state index contributed by atoms with van der Waals surface area (Å²) in [5.74, 6) is 0. The highest BCUT2D eigenvalue weighted by atomic mass is 14.8. The molecule has 0 saturated carbocycles. The van der Waals surface area contributed by atoms with E-state index in [4.69, 9.17) is 0 Å². The maximum absolute atomic E-state index is 4.58. The number of rotatable bonds is 2. The smallest absolute Gasteiger partial charge is 0.0434 e. The molecule has 1 aliphatic carbocycles. The van der Waals surface area contributed by atoms with Crippen LogP contribution >= 0.6 is 0 Å². The van der Waals surface area contributed by atoms with Crippen molar-refractivity contribution in [2.75, 3.05) is 0 Å². The first-order chi connectivity index (χ1) is 5.74. The van der Waals surface area contributed by atoms with Gasteiger partial charge in [-0.1, -0.05) is 19.1 Å². The maximum Gasteiger partial charge on any atom is 0.0434 e. The molecule has 66 valence electrons. The molecule has 1 rings (SSSR count). The van der Waals surface area contributed by atoms with Crippen molar-refractivity contribution in [2.24, 2.45) is 4.99 Å². The predicted molar refractivity (Wildman–Crippen MR) is 54.5 cm³/mol. The SMILES string of the molecule is CC/C(C)=N/C1=C(C)C=CCC1. The number of aliphatic imine (C=N–C) groups is 1. The first kappa shape index (κ1) is 9.24. The summed E-state index contributed by atoms with van der Waals surface area (Å²) in [6, 6.07) is 0. The van der Waals surface area contributed by atoms with Gasteiger partial charge in [-0.2, -0.15) is 0 Å². The second-order valence-corrected chi connectivity index (χ2v) is 3.27. The molecule has 1 aliphatic rings. The monoisotopic (exact) mass is 163 g/mol. The normalized spacial score (nSPS) is 18.8. The van der Waals surface area contributed by atoms with E-state index in [1.165, 1.54) is 17.0 Å². The van der Waals surface area contributed by atoms with E-state index in [1.54, 1.807) is 0 Å². The highest BCUT2D eigenvalue weighted by molar-refractivity contribution is 5.82.